The third kappa shape index (κ3) is 8.01. The standard InChI is InChI=1S/C58H63FN10O6/c1-6-58(73)42-25-48-53-40(28-69(48)55(71)41(42)32-74-56(58)72)52-47(17-16-38-34(4)43(59)26-44(61-53)51(38)52)65(7-2)30-49(70)68-24-23-67(27-36(68)18-20-60)54-39-19-22-66(46-15-9-13-35-12-8-11-33(3)50(35)46)29-45(39)62-57(63-54)75-31-37-14-10-21-64(37)5/h8-9,11-13,15,25-26,36-37,47,73H,6-7,10,14,16-19,21-24,27-32H2,1-5H3. The summed E-state index contributed by atoms with van der Waals surface area (Å²) >= 11 is 0. The number of cyclic esters (lactones) is 1. The van der Waals surface area contributed by atoms with Gasteiger partial charge in [0, 0.05) is 77.5 Å². The molecule has 16 nitrogen and oxygen atoms in total. The highest BCUT2D eigenvalue weighted by atomic mass is 19.1. The highest BCUT2D eigenvalue weighted by Gasteiger charge is 2.46. The highest BCUT2D eigenvalue weighted by Crippen LogP contribution is 2.48. The van der Waals surface area contributed by atoms with Crippen molar-refractivity contribution in [1.29, 1.82) is 5.26 Å². The number of aromatic nitrogens is 4. The van der Waals surface area contributed by atoms with E-state index in [-0.39, 0.29) is 73.0 Å². The number of benzene rings is 3. The van der Waals surface area contributed by atoms with E-state index in [4.69, 9.17) is 24.4 Å². The summed E-state index contributed by atoms with van der Waals surface area (Å²) in [6.45, 7) is 12.3. The first-order valence-corrected chi connectivity index (χ1v) is 26.7. The Morgan fingerprint density at radius 3 is 2.55 bits per heavy atom. The normalized spacial score (nSPS) is 22.0. The Labute approximate surface area is 435 Å². The molecule has 3 aromatic heterocycles. The van der Waals surface area contributed by atoms with Crippen LogP contribution in [0.4, 0.5) is 15.9 Å². The second-order valence-corrected chi connectivity index (χ2v) is 21.4. The molecule has 12 rings (SSSR count). The molecule has 0 spiro atoms. The average molecular weight is 1020 g/mol. The summed E-state index contributed by atoms with van der Waals surface area (Å²) in [4.78, 5) is 68.6. The number of aliphatic hydroxyl groups is 1. The predicted molar refractivity (Wildman–Crippen MR) is 282 cm³/mol. The molecule has 2 fully saturated rings. The summed E-state index contributed by atoms with van der Waals surface area (Å²) in [5.41, 5.74) is 6.95. The molecule has 0 bridgehead atoms. The third-order valence-electron chi connectivity index (χ3n) is 17.5. The molecule has 5 aliphatic heterocycles. The maximum Gasteiger partial charge on any atom is 0.343 e. The van der Waals surface area contributed by atoms with Gasteiger partial charge in [0.25, 0.3) is 5.56 Å². The van der Waals surface area contributed by atoms with Gasteiger partial charge in [-0.25, -0.2) is 14.2 Å². The lowest BCUT2D eigenvalue weighted by Gasteiger charge is -2.44. The maximum atomic E-state index is 15.8. The first-order chi connectivity index (χ1) is 36.3. The molecule has 388 valence electrons. The van der Waals surface area contributed by atoms with E-state index in [1.165, 1.54) is 28.1 Å². The number of likely N-dealkylation sites (N-methyl/N-ethyl adjacent to an activating group) is 2. The van der Waals surface area contributed by atoms with Crippen LogP contribution in [0.3, 0.4) is 0 Å². The Balaban J connectivity index is 0.848. The average Bonchev–Trinajstić information content (AvgIpc) is 4.06. The van der Waals surface area contributed by atoms with Crippen LogP contribution in [0.1, 0.15) is 102 Å². The van der Waals surface area contributed by atoms with Crippen molar-refractivity contribution in [3.8, 4) is 23.5 Å². The largest absolute Gasteiger partial charge is 0.462 e. The predicted octanol–water partition coefficient (Wildman–Crippen LogP) is 6.75. The van der Waals surface area contributed by atoms with E-state index >= 15 is 4.39 Å². The lowest BCUT2D eigenvalue weighted by atomic mass is 9.81. The van der Waals surface area contributed by atoms with Crippen LogP contribution in [0.15, 0.2) is 53.3 Å². The molecule has 1 N–H and O–H groups in total. The van der Waals surface area contributed by atoms with Crippen molar-refractivity contribution in [2.75, 3.05) is 69.3 Å². The number of fused-ring (bicyclic) bond motifs is 7. The zero-order valence-corrected chi connectivity index (χ0v) is 43.4. The summed E-state index contributed by atoms with van der Waals surface area (Å²) in [5.74, 6) is -0.466. The fourth-order valence-corrected chi connectivity index (χ4v) is 13.3. The van der Waals surface area contributed by atoms with Crippen molar-refractivity contribution >= 4 is 45.1 Å². The number of hydrogen-bond acceptors (Lipinski definition) is 14. The Bertz CT molecular complexity index is 3460. The molecule has 6 aromatic rings. The van der Waals surface area contributed by atoms with Gasteiger partial charge >= 0.3 is 12.0 Å². The number of piperazine rings is 1. The van der Waals surface area contributed by atoms with Crippen molar-refractivity contribution in [2.45, 2.75) is 116 Å². The van der Waals surface area contributed by atoms with E-state index in [1.54, 1.807) is 24.5 Å². The number of anilines is 2. The summed E-state index contributed by atoms with van der Waals surface area (Å²) < 4.78 is 29.2. The molecule has 0 saturated carbocycles. The molecule has 0 radical (unpaired) electrons. The Hall–Kier alpha value is -7.00. The quantitative estimate of drug-likeness (QED) is 0.135. The third-order valence-corrected chi connectivity index (χ3v) is 17.5. The Morgan fingerprint density at radius 1 is 0.947 bits per heavy atom. The van der Waals surface area contributed by atoms with Crippen LogP contribution in [0.2, 0.25) is 0 Å². The lowest BCUT2D eigenvalue weighted by molar-refractivity contribution is -0.172. The monoisotopic (exact) mass is 1010 g/mol. The van der Waals surface area contributed by atoms with Crippen LogP contribution in [-0.4, -0.2) is 123 Å². The van der Waals surface area contributed by atoms with Gasteiger partial charge in [-0.1, -0.05) is 44.2 Å². The molecule has 6 aliphatic rings. The van der Waals surface area contributed by atoms with E-state index in [9.17, 15) is 24.8 Å². The highest BCUT2D eigenvalue weighted by molar-refractivity contribution is 5.97. The van der Waals surface area contributed by atoms with Crippen LogP contribution >= 0.6 is 0 Å². The van der Waals surface area contributed by atoms with E-state index in [0.717, 1.165) is 65.1 Å². The van der Waals surface area contributed by atoms with Crippen molar-refractivity contribution in [3.05, 3.63) is 115 Å². The number of nitriles is 1. The molecule has 17 heteroatoms. The van der Waals surface area contributed by atoms with Gasteiger partial charge < -0.3 is 38.7 Å². The maximum absolute atomic E-state index is 15.8. The fraction of sp³-hybridized carbons (Fsp3) is 0.466. The zero-order chi connectivity index (χ0) is 52.0. The number of halogens is 1. The lowest BCUT2D eigenvalue weighted by Crippen LogP contribution is -2.57. The summed E-state index contributed by atoms with van der Waals surface area (Å²) in [6.07, 6.45) is 4.18. The molecule has 4 atom stereocenters. The van der Waals surface area contributed by atoms with Crippen molar-refractivity contribution < 1.29 is 28.6 Å². The Kier molecular flexibility index (Phi) is 12.4. The molecule has 8 heterocycles. The number of ether oxygens (including phenoxy) is 2. The molecule has 1 aliphatic carbocycles. The molecule has 75 heavy (non-hydrogen) atoms. The number of esters is 1. The molecule has 3 aromatic carbocycles. The van der Waals surface area contributed by atoms with Crippen LogP contribution in [0, 0.1) is 31.0 Å². The number of pyridine rings is 2. The number of likely N-dealkylation sites (tertiary alicyclic amines) is 1. The minimum Gasteiger partial charge on any atom is -0.462 e. The molecule has 4 unspecified atom stereocenters. The minimum atomic E-state index is -2.00. The van der Waals surface area contributed by atoms with Gasteiger partial charge in [-0.15, -0.1) is 0 Å². The van der Waals surface area contributed by atoms with E-state index in [0.29, 0.717) is 87.1 Å². The number of nitrogens with zero attached hydrogens (tertiary/aromatic N) is 10. The summed E-state index contributed by atoms with van der Waals surface area (Å²) in [5, 5.41) is 25.2. The van der Waals surface area contributed by atoms with Gasteiger partial charge in [-0.05, 0) is 112 Å². The van der Waals surface area contributed by atoms with E-state index in [1.807, 2.05) is 11.8 Å². The van der Waals surface area contributed by atoms with Crippen molar-refractivity contribution in [1.82, 2.24) is 34.2 Å². The van der Waals surface area contributed by atoms with Gasteiger partial charge in [0.15, 0.2) is 5.60 Å². The van der Waals surface area contributed by atoms with Gasteiger partial charge in [0.05, 0.1) is 66.3 Å². The number of carbonyl (C=O) groups excluding carboxylic acids is 2. The van der Waals surface area contributed by atoms with Gasteiger partial charge in [-0.3, -0.25) is 14.5 Å². The second-order valence-electron chi connectivity index (χ2n) is 21.4. The zero-order valence-electron chi connectivity index (χ0n) is 43.4. The van der Waals surface area contributed by atoms with Gasteiger partial charge in [0.1, 0.15) is 24.8 Å². The summed E-state index contributed by atoms with van der Waals surface area (Å²) in [6, 6.07) is 18.3. The number of rotatable bonds is 11. The van der Waals surface area contributed by atoms with Crippen molar-refractivity contribution in [3.63, 3.8) is 0 Å². The van der Waals surface area contributed by atoms with Crippen LogP contribution in [0.5, 0.6) is 6.01 Å². The van der Waals surface area contributed by atoms with E-state index in [2.05, 4.69) is 76.0 Å². The van der Waals surface area contributed by atoms with Crippen LogP contribution < -0.4 is 20.1 Å². The van der Waals surface area contributed by atoms with Gasteiger partial charge in [-0.2, -0.15) is 15.2 Å². The second kappa shape index (κ2) is 19.0. The van der Waals surface area contributed by atoms with Crippen molar-refractivity contribution in [2.24, 2.45) is 0 Å². The number of carbonyl (C=O) groups is 2. The van der Waals surface area contributed by atoms with Crippen LogP contribution in [-0.2, 0) is 52.5 Å². The Morgan fingerprint density at radius 2 is 1.77 bits per heavy atom. The first-order valence-electron chi connectivity index (χ1n) is 26.7. The van der Waals surface area contributed by atoms with Crippen LogP contribution in [0.25, 0.3) is 33.1 Å². The van der Waals surface area contributed by atoms with Gasteiger partial charge in [0.2, 0.25) is 5.91 Å². The number of aryl methyl sites for hydroxylation is 2. The van der Waals surface area contributed by atoms with E-state index < -0.39 is 17.6 Å². The fourth-order valence-electron chi connectivity index (χ4n) is 13.3. The summed E-state index contributed by atoms with van der Waals surface area (Å²) in [7, 11) is 2.13. The molecular formula is C58H63FN10O6. The SMILES string of the molecule is CCN(CC(=O)N1CCN(c2nc(OCC3CCCN3C)nc3c2CCN(c2cccc4cccc(C)c24)C3)CC1CC#N)C1CCc2c(C)c(F)cc3nc4c(c1c23)Cn1c-4cc2c(c1=O)COC(=O)C2(O)CC. The first kappa shape index (κ1) is 48.9. The number of amides is 1. The molecule has 1 amide bonds. The molecular weight excluding hydrogens is 952 g/mol. The topological polar surface area (TPSA) is 173 Å². The number of hydrogen-bond donors (Lipinski definition) is 1. The minimum absolute atomic E-state index is 0.00742. The molecule has 2 saturated heterocycles. The smallest absolute Gasteiger partial charge is 0.343 e.